The Hall–Kier alpha value is -0.610. The topological polar surface area (TPSA) is 64.3 Å². The van der Waals surface area contributed by atoms with Gasteiger partial charge < -0.3 is 15.8 Å². The van der Waals surface area contributed by atoms with Gasteiger partial charge in [0.15, 0.2) is 0 Å². The molecule has 108 valence electrons. The molecule has 4 heteroatoms. The van der Waals surface area contributed by atoms with E-state index < -0.39 is 0 Å². The summed E-state index contributed by atoms with van der Waals surface area (Å²) in [4.78, 5) is 11.6. The zero-order valence-electron chi connectivity index (χ0n) is 12.4. The predicted octanol–water partition coefficient (Wildman–Crippen LogP) is 1.93. The van der Waals surface area contributed by atoms with Gasteiger partial charge >= 0.3 is 0 Å². The van der Waals surface area contributed by atoms with Crippen molar-refractivity contribution in [1.29, 1.82) is 0 Å². The van der Waals surface area contributed by atoms with Gasteiger partial charge in [0, 0.05) is 19.6 Å². The number of carbonyl (C=O) groups is 1. The van der Waals surface area contributed by atoms with Gasteiger partial charge in [0.2, 0.25) is 5.91 Å². The quantitative estimate of drug-likeness (QED) is 0.589. The summed E-state index contributed by atoms with van der Waals surface area (Å²) in [6, 6.07) is 0. The molecule has 0 bridgehead atoms. The Morgan fingerprint density at radius 2 is 2.00 bits per heavy atom. The fourth-order valence-electron chi connectivity index (χ4n) is 1.64. The molecule has 0 saturated carbocycles. The van der Waals surface area contributed by atoms with E-state index in [2.05, 4.69) is 33.0 Å². The van der Waals surface area contributed by atoms with Crippen molar-refractivity contribution in [3.63, 3.8) is 0 Å². The molecule has 0 rings (SSSR count). The van der Waals surface area contributed by atoms with Gasteiger partial charge in [-0.2, -0.15) is 0 Å². The lowest BCUT2D eigenvalue weighted by Gasteiger charge is -2.23. The van der Waals surface area contributed by atoms with Crippen molar-refractivity contribution < 1.29 is 9.53 Å². The first-order chi connectivity index (χ1) is 8.37. The number of nitrogens with two attached hydrogens (primary N) is 1. The second-order valence-corrected chi connectivity index (χ2v) is 6.02. The highest BCUT2D eigenvalue weighted by molar-refractivity contribution is 5.75. The SMILES string of the molecule is CC(C)COCCNC(=O)CCC(C)(C)CCN. The van der Waals surface area contributed by atoms with E-state index in [-0.39, 0.29) is 11.3 Å². The molecule has 0 radical (unpaired) electrons. The largest absolute Gasteiger partial charge is 0.379 e. The molecule has 3 N–H and O–H groups in total. The molecule has 0 aliphatic heterocycles. The molecule has 0 aliphatic carbocycles. The van der Waals surface area contributed by atoms with E-state index in [9.17, 15) is 4.79 Å². The molecule has 0 heterocycles. The lowest BCUT2D eigenvalue weighted by Crippen LogP contribution is -2.29. The van der Waals surface area contributed by atoms with Gasteiger partial charge in [-0.3, -0.25) is 4.79 Å². The smallest absolute Gasteiger partial charge is 0.220 e. The summed E-state index contributed by atoms with van der Waals surface area (Å²) in [7, 11) is 0. The molecule has 0 aromatic rings. The minimum Gasteiger partial charge on any atom is -0.379 e. The molecule has 0 fully saturated rings. The summed E-state index contributed by atoms with van der Waals surface area (Å²) in [6.07, 6.45) is 2.40. The predicted molar refractivity (Wildman–Crippen MR) is 75.4 cm³/mol. The number of ether oxygens (including phenoxy) is 1. The van der Waals surface area contributed by atoms with Crippen molar-refractivity contribution in [3.8, 4) is 0 Å². The fraction of sp³-hybridized carbons (Fsp3) is 0.929. The molecule has 0 aliphatic rings. The standard InChI is InChI=1S/C14H30N2O2/c1-12(2)11-18-10-9-16-13(17)5-6-14(3,4)7-8-15/h12H,5-11,15H2,1-4H3,(H,16,17). The highest BCUT2D eigenvalue weighted by Gasteiger charge is 2.17. The second-order valence-electron chi connectivity index (χ2n) is 6.02. The normalized spacial score (nSPS) is 11.9. The lowest BCUT2D eigenvalue weighted by atomic mass is 9.84. The number of rotatable bonds is 10. The molecule has 0 aromatic carbocycles. The highest BCUT2D eigenvalue weighted by atomic mass is 16.5. The van der Waals surface area contributed by atoms with Crippen LogP contribution in [-0.2, 0) is 9.53 Å². The summed E-state index contributed by atoms with van der Waals surface area (Å²) in [5.41, 5.74) is 5.69. The van der Waals surface area contributed by atoms with E-state index in [1.807, 2.05) is 0 Å². The van der Waals surface area contributed by atoms with Crippen molar-refractivity contribution >= 4 is 5.91 Å². The number of amides is 1. The third kappa shape index (κ3) is 10.5. The fourth-order valence-corrected chi connectivity index (χ4v) is 1.64. The van der Waals surface area contributed by atoms with Crippen LogP contribution in [0.15, 0.2) is 0 Å². The maximum absolute atomic E-state index is 11.6. The van der Waals surface area contributed by atoms with Crippen molar-refractivity contribution in [1.82, 2.24) is 5.32 Å². The number of nitrogens with one attached hydrogen (secondary N) is 1. The number of hydrogen-bond acceptors (Lipinski definition) is 3. The Balaban J connectivity index is 3.54. The maximum atomic E-state index is 11.6. The Morgan fingerprint density at radius 3 is 2.56 bits per heavy atom. The van der Waals surface area contributed by atoms with Gasteiger partial charge in [0.1, 0.15) is 0 Å². The first-order valence-electron chi connectivity index (χ1n) is 6.92. The van der Waals surface area contributed by atoms with Crippen LogP contribution in [0.2, 0.25) is 0 Å². The first kappa shape index (κ1) is 17.4. The van der Waals surface area contributed by atoms with Crippen LogP contribution < -0.4 is 11.1 Å². The monoisotopic (exact) mass is 258 g/mol. The minimum atomic E-state index is 0.105. The molecule has 1 amide bonds. The van der Waals surface area contributed by atoms with Gasteiger partial charge in [-0.25, -0.2) is 0 Å². The van der Waals surface area contributed by atoms with Crippen molar-refractivity contribution in [2.24, 2.45) is 17.1 Å². The average molecular weight is 258 g/mol. The summed E-state index contributed by atoms with van der Waals surface area (Å²) >= 11 is 0. The average Bonchev–Trinajstić information content (AvgIpc) is 2.25. The van der Waals surface area contributed by atoms with Gasteiger partial charge in [0.25, 0.3) is 0 Å². The molecule has 0 atom stereocenters. The zero-order valence-corrected chi connectivity index (χ0v) is 12.4. The van der Waals surface area contributed by atoms with Gasteiger partial charge in [-0.05, 0) is 30.7 Å². The van der Waals surface area contributed by atoms with E-state index in [1.165, 1.54) is 0 Å². The Morgan fingerprint density at radius 1 is 1.33 bits per heavy atom. The van der Waals surface area contributed by atoms with Gasteiger partial charge in [0.05, 0.1) is 6.61 Å². The molecular weight excluding hydrogens is 228 g/mol. The van der Waals surface area contributed by atoms with Crippen molar-refractivity contribution in [2.45, 2.75) is 47.0 Å². The van der Waals surface area contributed by atoms with Gasteiger partial charge in [-0.15, -0.1) is 0 Å². The Kier molecular flexibility index (Phi) is 9.02. The van der Waals surface area contributed by atoms with E-state index in [0.29, 0.717) is 32.0 Å². The second kappa shape index (κ2) is 9.34. The van der Waals surface area contributed by atoms with Crippen molar-refractivity contribution in [2.75, 3.05) is 26.3 Å². The first-order valence-corrected chi connectivity index (χ1v) is 6.92. The summed E-state index contributed by atoms with van der Waals surface area (Å²) in [5.74, 6) is 0.644. The maximum Gasteiger partial charge on any atom is 0.220 e. The Labute approximate surface area is 112 Å². The van der Waals surface area contributed by atoms with Crippen LogP contribution in [0.5, 0.6) is 0 Å². The van der Waals surface area contributed by atoms with Gasteiger partial charge in [-0.1, -0.05) is 27.7 Å². The summed E-state index contributed by atoms with van der Waals surface area (Å²) < 4.78 is 5.40. The highest BCUT2D eigenvalue weighted by Crippen LogP contribution is 2.25. The third-order valence-electron chi connectivity index (χ3n) is 2.87. The van der Waals surface area contributed by atoms with Crippen LogP contribution >= 0.6 is 0 Å². The van der Waals surface area contributed by atoms with E-state index in [1.54, 1.807) is 0 Å². The van der Waals surface area contributed by atoms with Crippen LogP contribution in [0, 0.1) is 11.3 Å². The number of hydrogen-bond donors (Lipinski definition) is 2. The Bertz CT molecular complexity index is 228. The lowest BCUT2D eigenvalue weighted by molar-refractivity contribution is -0.121. The zero-order chi connectivity index (χ0) is 14.0. The molecule has 0 saturated heterocycles. The van der Waals surface area contributed by atoms with Crippen LogP contribution in [0.3, 0.4) is 0 Å². The summed E-state index contributed by atoms with van der Waals surface area (Å²) in [6.45, 7) is 11.1. The van der Waals surface area contributed by atoms with Crippen molar-refractivity contribution in [3.05, 3.63) is 0 Å². The van der Waals surface area contributed by atoms with E-state index in [0.717, 1.165) is 19.4 Å². The molecule has 0 spiro atoms. The van der Waals surface area contributed by atoms with E-state index in [4.69, 9.17) is 10.5 Å². The molecule has 0 aromatic heterocycles. The number of carbonyl (C=O) groups excluding carboxylic acids is 1. The third-order valence-corrected chi connectivity index (χ3v) is 2.87. The summed E-state index contributed by atoms with van der Waals surface area (Å²) in [5, 5.41) is 2.88. The van der Waals surface area contributed by atoms with E-state index >= 15 is 0 Å². The van der Waals surface area contributed by atoms with Crippen LogP contribution in [0.1, 0.15) is 47.0 Å². The molecule has 4 nitrogen and oxygen atoms in total. The molecule has 0 unspecified atom stereocenters. The van der Waals surface area contributed by atoms with Crippen LogP contribution in [-0.4, -0.2) is 32.2 Å². The molecular formula is C14H30N2O2. The van der Waals surface area contributed by atoms with Crippen LogP contribution in [0.25, 0.3) is 0 Å². The minimum absolute atomic E-state index is 0.105. The van der Waals surface area contributed by atoms with Crippen LogP contribution in [0.4, 0.5) is 0 Å². The molecule has 18 heavy (non-hydrogen) atoms.